The molecule has 3 aromatic carbocycles. The van der Waals surface area contributed by atoms with Crippen LogP contribution < -0.4 is 11.2 Å². The van der Waals surface area contributed by atoms with E-state index in [1.165, 1.54) is 4.57 Å². The summed E-state index contributed by atoms with van der Waals surface area (Å²) < 4.78 is 8.98. The highest BCUT2D eigenvalue weighted by Gasteiger charge is 2.19. The largest absolute Gasteiger partial charge is 0.419 e. The average Bonchev–Trinajstić information content (AvgIpc) is 3.24. The summed E-state index contributed by atoms with van der Waals surface area (Å²) in [5, 5.41) is 8.73. The standard InChI is InChI=1S/C25H20N4O2/c1-17-12-14-19(15-13-17)23-27-21-22(26)29(20-10-6-3-7-11-20)25(30)28(24(21)31-23)16-18-8-4-2-5-9-18/h2-15,26H,16H2,1H3. The van der Waals surface area contributed by atoms with E-state index < -0.39 is 0 Å². The lowest BCUT2D eigenvalue weighted by Gasteiger charge is -2.12. The number of nitrogens with zero attached hydrogens (tertiary/aromatic N) is 3. The molecule has 0 spiro atoms. The first kappa shape index (κ1) is 18.8. The Morgan fingerprint density at radius 2 is 1.55 bits per heavy atom. The third-order valence-electron chi connectivity index (χ3n) is 5.22. The summed E-state index contributed by atoms with van der Waals surface area (Å²) in [7, 11) is 0. The van der Waals surface area contributed by atoms with Crippen molar-refractivity contribution in [2.75, 3.05) is 0 Å². The molecule has 0 bridgehead atoms. The van der Waals surface area contributed by atoms with Crippen LogP contribution in [0.2, 0.25) is 0 Å². The molecule has 2 heterocycles. The van der Waals surface area contributed by atoms with Gasteiger partial charge in [0.05, 0.1) is 12.2 Å². The fourth-order valence-corrected chi connectivity index (χ4v) is 3.60. The Labute approximate surface area is 178 Å². The smallest absolute Gasteiger partial charge is 0.337 e. The summed E-state index contributed by atoms with van der Waals surface area (Å²) in [5.41, 5.74) is 3.78. The molecule has 0 fully saturated rings. The van der Waals surface area contributed by atoms with Gasteiger partial charge in [-0.15, -0.1) is 0 Å². The highest BCUT2D eigenvalue weighted by atomic mass is 16.4. The molecule has 31 heavy (non-hydrogen) atoms. The van der Waals surface area contributed by atoms with E-state index in [2.05, 4.69) is 4.98 Å². The molecule has 0 saturated heterocycles. The summed E-state index contributed by atoms with van der Waals surface area (Å²) in [4.78, 5) is 18.1. The van der Waals surface area contributed by atoms with Crippen LogP contribution in [0.15, 0.2) is 94.1 Å². The van der Waals surface area contributed by atoms with Gasteiger partial charge in [0, 0.05) is 5.56 Å². The van der Waals surface area contributed by atoms with Crippen molar-refractivity contribution >= 4 is 11.2 Å². The third-order valence-corrected chi connectivity index (χ3v) is 5.22. The molecule has 0 saturated carbocycles. The molecule has 6 heteroatoms. The topological polar surface area (TPSA) is 76.8 Å². The lowest BCUT2D eigenvalue weighted by molar-refractivity contribution is 0.560. The van der Waals surface area contributed by atoms with Gasteiger partial charge in [-0.25, -0.2) is 14.3 Å². The number of aromatic nitrogens is 3. The Morgan fingerprint density at radius 3 is 2.23 bits per heavy atom. The zero-order valence-corrected chi connectivity index (χ0v) is 16.9. The first-order chi connectivity index (χ1) is 15.1. The molecule has 5 aromatic rings. The second kappa shape index (κ2) is 7.57. The Bertz CT molecular complexity index is 1480. The van der Waals surface area contributed by atoms with E-state index in [-0.39, 0.29) is 11.2 Å². The minimum absolute atomic E-state index is 0.00220. The molecule has 0 aliphatic carbocycles. The van der Waals surface area contributed by atoms with Crippen molar-refractivity contribution in [1.82, 2.24) is 14.1 Å². The van der Waals surface area contributed by atoms with Gasteiger partial charge in [0.25, 0.3) is 0 Å². The van der Waals surface area contributed by atoms with Gasteiger partial charge in [-0.05, 0) is 36.8 Å². The lowest BCUT2D eigenvalue weighted by atomic mass is 10.1. The Hall–Kier alpha value is -4.19. The van der Waals surface area contributed by atoms with E-state index in [9.17, 15) is 4.79 Å². The highest BCUT2D eigenvalue weighted by Crippen LogP contribution is 2.23. The van der Waals surface area contributed by atoms with Gasteiger partial charge in [0.1, 0.15) is 0 Å². The van der Waals surface area contributed by atoms with Crippen molar-refractivity contribution in [1.29, 1.82) is 5.41 Å². The highest BCUT2D eigenvalue weighted by molar-refractivity contribution is 5.72. The van der Waals surface area contributed by atoms with Gasteiger partial charge in [-0.2, -0.15) is 0 Å². The molecule has 5 rings (SSSR count). The van der Waals surface area contributed by atoms with Crippen molar-refractivity contribution in [2.24, 2.45) is 0 Å². The normalized spacial score (nSPS) is 11.1. The monoisotopic (exact) mass is 408 g/mol. The number of aryl methyl sites for hydroxylation is 1. The number of fused-ring (bicyclic) bond motifs is 1. The van der Waals surface area contributed by atoms with E-state index >= 15 is 0 Å². The average molecular weight is 408 g/mol. The number of rotatable bonds is 4. The van der Waals surface area contributed by atoms with E-state index in [4.69, 9.17) is 9.83 Å². The Balaban J connectivity index is 1.80. The molecule has 0 atom stereocenters. The van der Waals surface area contributed by atoms with Crippen molar-refractivity contribution in [3.8, 4) is 17.1 Å². The van der Waals surface area contributed by atoms with Crippen LogP contribution in [0, 0.1) is 12.3 Å². The van der Waals surface area contributed by atoms with Crippen LogP contribution in [0.4, 0.5) is 0 Å². The summed E-state index contributed by atoms with van der Waals surface area (Å²) in [6, 6.07) is 26.7. The minimum atomic E-state index is -0.348. The van der Waals surface area contributed by atoms with Crippen LogP contribution in [-0.4, -0.2) is 14.1 Å². The molecular formula is C25H20N4O2. The summed E-state index contributed by atoms with van der Waals surface area (Å²) in [6.07, 6.45) is 0. The molecule has 1 N–H and O–H groups in total. The quantitative estimate of drug-likeness (QED) is 0.482. The molecule has 6 nitrogen and oxygen atoms in total. The number of nitrogens with one attached hydrogen (secondary N) is 1. The minimum Gasteiger partial charge on any atom is -0.419 e. The van der Waals surface area contributed by atoms with Crippen LogP contribution >= 0.6 is 0 Å². The first-order valence-corrected chi connectivity index (χ1v) is 9.99. The molecule has 0 aliphatic rings. The fourth-order valence-electron chi connectivity index (χ4n) is 3.60. The maximum absolute atomic E-state index is 13.5. The number of oxazole rings is 1. The zero-order chi connectivity index (χ0) is 21.4. The molecular weight excluding hydrogens is 388 g/mol. The molecule has 2 aromatic heterocycles. The first-order valence-electron chi connectivity index (χ1n) is 9.99. The number of para-hydroxylation sites is 1. The number of benzene rings is 3. The van der Waals surface area contributed by atoms with Crippen LogP contribution in [-0.2, 0) is 6.54 Å². The number of hydrogen-bond acceptors (Lipinski definition) is 4. The second-order valence-corrected chi connectivity index (χ2v) is 7.41. The van der Waals surface area contributed by atoms with Gasteiger partial charge >= 0.3 is 5.69 Å². The van der Waals surface area contributed by atoms with Gasteiger partial charge in [0.2, 0.25) is 11.6 Å². The van der Waals surface area contributed by atoms with Crippen LogP contribution in [0.3, 0.4) is 0 Å². The molecule has 0 unspecified atom stereocenters. The third kappa shape index (κ3) is 3.38. The van der Waals surface area contributed by atoms with Gasteiger partial charge < -0.3 is 4.42 Å². The summed E-state index contributed by atoms with van der Waals surface area (Å²) >= 11 is 0. The lowest BCUT2D eigenvalue weighted by Crippen LogP contribution is -2.39. The molecule has 0 amide bonds. The van der Waals surface area contributed by atoms with Crippen LogP contribution in [0.25, 0.3) is 28.4 Å². The SMILES string of the molecule is Cc1ccc(-c2nc3c(=N)n(-c4ccccc4)c(=O)n(Cc4ccccc4)c3o2)cc1. The predicted octanol–water partition coefficient (Wildman–Crippen LogP) is 4.28. The van der Waals surface area contributed by atoms with Crippen molar-refractivity contribution in [2.45, 2.75) is 13.5 Å². The van der Waals surface area contributed by atoms with Crippen molar-refractivity contribution < 1.29 is 4.42 Å². The van der Waals surface area contributed by atoms with Crippen LogP contribution in [0.5, 0.6) is 0 Å². The molecule has 152 valence electrons. The second-order valence-electron chi connectivity index (χ2n) is 7.41. The van der Waals surface area contributed by atoms with Gasteiger partial charge in [0.15, 0.2) is 11.0 Å². The van der Waals surface area contributed by atoms with Crippen molar-refractivity contribution in [3.63, 3.8) is 0 Å². The zero-order valence-electron chi connectivity index (χ0n) is 16.9. The molecule has 0 aliphatic heterocycles. The Morgan fingerprint density at radius 1 is 0.903 bits per heavy atom. The van der Waals surface area contributed by atoms with Crippen LogP contribution in [0.1, 0.15) is 11.1 Å². The fraction of sp³-hybridized carbons (Fsp3) is 0.0800. The molecule has 0 radical (unpaired) electrons. The maximum atomic E-state index is 13.5. The summed E-state index contributed by atoms with van der Waals surface area (Å²) in [6.45, 7) is 2.32. The maximum Gasteiger partial charge on any atom is 0.337 e. The van der Waals surface area contributed by atoms with Gasteiger partial charge in [-0.3, -0.25) is 9.98 Å². The van der Waals surface area contributed by atoms with E-state index in [1.807, 2.05) is 79.7 Å². The predicted molar refractivity (Wildman–Crippen MR) is 119 cm³/mol. The number of hydrogen-bond donors (Lipinski definition) is 1. The van der Waals surface area contributed by atoms with Gasteiger partial charge in [-0.1, -0.05) is 66.2 Å². The van der Waals surface area contributed by atoms with Crippen molar-refractivity contribution in [3.05, 3.63) is 112 Å². The van der Waals surface area contributed by atoms with E-state index in [0.29, 0.717) is 29.4 Å². The summed E-state index contributed by atoms with van der Waals surface area (Å²) in [5.74, 6) is 0.385. The van der Waals surface area contributed by atoms with E-state index in [1.54, 1.807) is 16.7 Å². The Kier molecular flexibility index (Phi) is 4.59. The van der Waals surface area contributed by atoms with E-state index in [0.717, 1.165) is 16.7 Å².